The maximum Gasteiger partial charge on any atom is 0.264 e. The van der Waals surface area contributed by atoms with E-state index in [1.807, 2.05) is 19.1 Å². The number of para-hydroxylation sites is 1. The number of ether oxygens (including phenoxy) is 2. The number of likely N-dealkylation sites (N-methyl/N-ethyl adjacent to an activating group) is 1. The summed E-state index contributed by atoms with van der Waals surface area (Å²) in [5.74, 6) is 0.762. The molecule has 1 amide bonds. The van der Waals surface area contributed by atoms with E-state index < -0.39 is 0 Å². The van der Waals surface area contributed by atoms with Gasteiger partial charge in [0.15, 0.2) is 16.6 Å². The Labute approximate surface area is 192 Å². The molecule has 0 aliphatic rings. The van der Waals surface area contributed by atoms with Crippen molar-refractivity contribution in [3.05, 3.63) is 46.5 Å². The molecule has 0 N–H and O–H groups in total. The molecule has 0 aliphatic heterocycles. The van der Waals surface area contributed by atoms with E-state index in [0.29, 0.717) is 33.8 Å². The van der Waals surface area contributed by atoms with Crippen LogP contribution in [0.2, 0.25) is 5.02 Å². The number of carbonyl (C=O) groups excluding carboxylic acids is 1. The van der Waals surface area contributed by atoms with Gasteiger partial charge in [-0.1, -0.05) is 42.9 Å². The Morgan fingerprint density at radius 2 is 1.87 bits per heavy atom. The predicted octanol–water partition coefficient (Wildman–Crippen LogP) is 5.26. The number of carbonyl (C=O) groups is 1. The molecule has 0 unspecified atom stereocenters. The maximum atomic E-state index is 13.7. The van der Waals surface area contributed by atoms with Crippen LogP contribution in [0.1, 0.15) is 29.8 Å². The summed E-state index contributed by atoms with van der Waals surface area (Å²) in [6.07, 6.45) is 0. The minimum atomic E-state index is -0.175. The van der Waals surface area contributed by atoms with Crippen LogP contribution in [0.25, 0.3) is 10.2 Å². The number of thiazole rings is 1. The molecule has 0 saturated carbocycles. The van der Waals surface area contributed by atoms with Crippen LogP contribution in [0.3, 0.4) is 0 Å². The zero-order chi connectivity index (χ0) is 22.5. The predicted molar refractivity (Wildman–Crippen MR) is 128 cm³/mol. The lowest BCUT2D eigenvalue weighted by atomic mass is 10.1. The number of hydrogen-bond donors (Lipinski definition) is 0. The Hall–Kier alpha value is -2.35. The monoisotopic (exact) mass is 461 g/mol. The summed E-state index contributed by atoms with van der Waals surface area (Å²) in [6, 6.07) is 9.10. The zero-order valence-corrected chi connectivity index (χ0v) is 20.1. The van der Waals surface area contributed by atoms with Crippen molar-refractivity contribution >= 4 is 44.2 Å². The van der Waals surface area contributed by atoms with Crippen LogP contribution in [0.5, 0.6) is 11.5 Å². The molecule has 0 bridgehead atoms. The van der Waals surface area contributed by atoms with Crippen molar-refractivity contribution in [2.45, 2.75) is 20.8 Å². The van der Waals surface area contributed by atoms with Crippen LogP contribution in [-0.2, 0) is 0 Å². The van der Waals surface area contributed by atoms with Gasteiger partial charge >= 0.3 is 0 Å². The highest BCUT2D eigenvalue weighted by molar-refractivity contribution is 7.22. The normalized spacial score (nSPS) is 11.2. The van der Waals surface area contributed by atoms with Crippen molar-refractivity contribution in [1.82, 2.24) is 9.88 Å². The molecule has 0 radical (unpaired) electrons. The molecule has 0 aliphatic carbocycles. The van der Waals surface area contributed by atoms with E-state index >= 15 is 0 Å². The molecule has 0 spiro atoms. The maximum absolute atomic E-state index is 13.7. The number of anilines is 1. The summed E-state index contributed by atoms with van der Waals surface area (Å²) in [5, 5.41) is 1.30. The van der Waals surface area contributed by atoms with Crippen LogP contribution < -0.4 is 14.4 Å². The van der Waals surface area contributed by atoms with E-state index in [9.17, 15) is 4.79 Å². The summed E-state index contributed by atoms with van der Waals surface area (Å²) in [6.45, 7) is 9.28. The van der Waals surface area contributed by atoms with Gasteiger partial charge in [0.2, 0.25) is 0 Å². The summed E-state index contributed by atoms with van der Waals surface area (Å²) in [4.78, 5) is 22.5. The van der Waals surface area contributed by atoms with Gasteiger partial charge < -0.3 is 14.4 Å². The van der Waals surface area contributed by atoms with Gasteiger partial charge in [0.05, 0.1) is 30.0 Å². The first-order valence-corrected chi connectivity index (χ1v) is 11.4. The second-order valence-electron chi connectivity index (χ2n) is 7.09. The van der Waals surface area contributed by atoms with Crippen molar-refractivity contribution in [3.63, 3.8) is 0 Å². The van der Waals surface area contributed by atoms with Crippen molar-refractivity contribution in [2.75, 3.05) is 45.3 Å². The third-order valence-electron chi connectivity index (χ3n) is 5.28. The molecule has 0 saturated heterocycles. The average Bonchev–Trinajstić information content (AvgIpc) is 3.19. The average molecular weight is 462 g/mol. The molecule has 8 heteroatoms. The van der Waals surface area contributed by atoms with Crippen molar-refractivity contribution in [3.8, 4) is 11.5 Å². The van der Waals surface area contributed by atoms with Gasteiger partial charge in [-0.15, -0.1) is 0 Å². The van der Waals surface area contributed by atoms with Gasteiger partial charge in [0.1, 0.15) is 0 Å². The molecule has 3 aromatic rings. The number of nitrogens with zero attached hydrogens (tertiary/aromatic N) is 3. The van der Waals surface area contributed by atoms with E-state index in [2.05, 4.69) is 18.7 Å². The second kappa shape index (κ2) is 10.3. The number of aromatic nitrogens is 1. The van der Waals surface area contributed by atoms with Gasteiger partial charge in [0.25, 0.3) is 5.91 Å². The summed E-state index contributed by atoms with van der Waals surface area (Å²) in [7, 11) is 3.10. The first-order chi connectivity index (χ1) is 14.9. The minimum absolute atomic E-state index is 0.175. The molecule has 6 nitrogen and oxygen atoms in total. The summed E-state index contributed by atoms with van der Waals surface area (Å²) >= 11 is 7.71. The molecule has 31 heavy (non-hydrogen) atoms. The van der Waals surface area contributed by atoms with Gasteiger partial charge in [-0.05, 0) is 49.8 Å². The van der Waals surface area contributed by atoms with E-state index in [1.165, 1.54) is 18.4 Å². The van der Waals surface area contributed by atoms with E-state index in [1.54, 1.807) is 30.2 Å². The molecule has 3 rings (SSSR count). The van der Waals surface area contributed by atoms with Gasteiger partial charge in [0, 0.05) is 18.1 Å². The topological polar surface area (TPSA) is 54.9 Å². The number of fused-ring (bicyclic) bond motifs is 1. The van der Waals surface area contributed by atoms with Gasteiger partial charge in [-0.3, -0.25) is 9.69 Å². The smallest absolute Gasteiger partial charge is 0.264 e. The molecule has 0 atom stereocenters. The summed E-state index contributed by atoms with van der Waals surface area (Å²) in [5.41, 5.74) is 2.29. The highest BCUT2D eigenvalue weighted by Gasteiger charge is 2.26. The molecule has 1 heterocycles. The fourth-order valence-electron chi connectivity index (χ4n) is 3.52. The van der Waals surface area contributed by atoms with E-state index in [-0.39, 0.29) is 5.91 Å². The lowest BCUT2D eigenvalue weighted by Crippen LogP contribution is -2.39. The first-order valence-electron chi connectivity index (χ1n) is 10.2. The number of halogens is 1. The first kappa shape index (κ1) is 23.3. The molecular weight excluding hydrogens is 434 g/mol. The SMILES string of the molecule is CCN(CC)CCN(C(=O)c1cccc(OC)c1OC)c1nc2c(C)cc(Cl)cc2s1. The number of hydrogen-bond acceptors (Lipinski definition) is 6. The highest BCUT2D eigenvalue weighted by Crippen LogP contribution is 2.36. The summed E-state index contributed by atoms with van der Waals surface area (Å²) < 4.78 is 11.9. The Balaban J connectivity index is 2.07. The van der Waals surface area contributed by atoms with E-state index in [0.717, 1.165) is 35.4 Å². The van der Waals surface area contributed by atoms with E-state index in [4.69, 9.17) is 26.1 Å². The quantitative estimate of drug-likeness (QED) is 0.434. The van der Waals surface area contributed by atoms with Gasteiger partial charge in [-0.2, -0.15) is 0 Å². The lowest BCUT2D eigenvalue weighted by molar-refractivity contribution is 0.0980. The number of amides is 1. The van der Waals surface area contributed by atoms with Crippen molar-refractivity contribution in [1.29, 1.82) is 0 Å². The van der Waals surface area contributed by atoms with Crippen LogP contribution in [-0.4, -0.2) is 56.2 Å². The largest absolute Gasteiger partial charge is 0.493 e. The third-order valence-corrected chi connectivity index (χ3v) is 6.53. The second-order valence-corrected chi connectivity index (χ2v) is 8.54. The fourth-order valence-corrected chi connectivity index (χ4v) is 4.97. The van der Waals surface area contributed by atoms with Crippen LogP contribution >= 0.6 is 22.9 Å². The standard InChI is InChI=1S/C23H28ClN3O3S/c1-6-26(7-2)11-12-27(22(28)17-9-8-10-18(29-4)21(17)30-5)23-25-20-15(3)13-16(24)14-19(20)31-23/h8-10,13-14H,6-7,11-12H2,1-5H3. The zero-order valence-electron chi connectivity index (χ0n) is 18.6. The molecule has 166 valence electrons. The number of rotatable bonds is 9. The van der Waals surface area contributed by atoms with Crippen molar-refractivity contribution < 1.29 is 14.3 Å². The highest BCUT2D eigenvalue weighted by atomic mass is 35.5. The minimum Gasteiger partial charge on any atom is -0.493 e. The molecular formula is C23H28ClN3O3S. The third kappa shape index (κ3) is 4.95. The van der Waals surface area contributed by atoms with Crippen LogP contribution in [0.15, 0.2) is 30.3 Å². The molecule has 1 aromatic heterocycles. The van der Waals surface area contributed by atoms with Crippen molar-refractivity contribution in [2.24, 2.45) is 0 Å². The Morgan fingerprint density at radius 1 is 1.13 bits per heavy atom. The number of methoxy groups -OCH3 is 2. The Morgan fingerprint density at radius 3 is 2.52 bits per heavy atom. The Bertz CT molecular complexity index is 1070. The molecule has 0 fully saturated rings. The van der Waals surface area contributed by atoms with Crippen LogP contribution in [0, 0.1) is 6.92 Å². The number of benzene rings is 2. The van der Waals surface area contributed by atoms with Crippen LogP contribution in [0.4, 0.5) is 5.13 Å². The molecule has 2 aromatic carbocycles. The fraction of sp³-hybridized carbons (Fsp3) is 0.391. The van der Waals surface area contributed by atoms with Gasteiger partial charge in [-0.25, -0.2) is 4.98 Å². The lowest BCUT2D eigenvalue weighted by Gasteiger charge is -2.25. The number of aryl methyl sites for hydroxylation is 1. The Kier molecular flexibility index (Phi) is 7.75.